The second-order valence-electron chi connectivity index (χ2n) is 5.02. The van der Waals surface area contributed by atoms with Gasteiger partial charge in [0.1, 0.15) is 0 Å². The minimum atomic E-state index is -3.59. The van der Waals surface area contributed by atoms with Gasteiger partial charge in [0, 0.05) is 30.4 Å². The van der Waals surface area contributed by atoms with Crippen LogP contribution in [0.3, 0.4) is 0 Å². The molecule has 0 bridgehead atoms. The second kappa shape index (κ2) is 5.89. The van der Waals surface area contributed by atoms with Crippen molar-refractivity contribution in [1.29, 1.82) is 0 Å². The molecule has 1 fully saturated rings. The van der Waals surface area contributed by atoms with Crippen molar-refractivity contribution in [1.82, 2.24) is 4.31 Å². The van der Waals surface area contributed by atoms with E-state index in [-0.39, 0.29) is 11.0 Å². The van der Waals surface area contributed by atoms with E-state index in [0.29, 0.717) is 42.4 Å². The van der Waals surface area contributed by atoms with Crippen LogP contribution in [-0.2, 0) is 14.8 Å². The number of halogens is 1. The van der Waals surface area contributed by atoms with Crippen LogP contribution in [0.4, 0.5) is 5.69 Å². The number of rotatable bonds is 2. The van der Waals surface area contributed by atoms with Crippen molar-refractivity contribution < 1.29 is 13.2 Å². The predicted octanol–water partition coefficient (Wildman–Crippen LogP) is 2.03. The topological polar surface area (TPSA) is 72.6 Å². The van der Waals surface area contributed by atoms with Crippen LogP contribution in [0.25, 0.3) is 0 Å². The molecule has 1 aromatic rings. The van der Waals surface area contributed by atoms with Gasteiger partial charge >= 0.3 is 0 Å². The first-order valence-electron chi connectivity index (χ1n) is 6.49. The maximum Gasteiger partial charge on any atom is 0.243 e. The molecular weight excluding hydrogens is 300 g/mol. The fourth-order valence-electron chi connectivity index (χ4n) is 2.15. The number of nitrogen functional groups attached to an aromatic ring is 1. The molecule has 20 heavy (non-hydrogen) atoms. The van der Waals surface area contributed by atoms with Crippen LogP contribution in [0.5, 0.6) is 0 Å². The van der Waals surface area contributed by atoms with E-state index in [1.165, 1.54) is 16.4 Å². The zero-order valence-electron chi connectivity index (χ0n) is 11.6. The van der Waals surface area contributed by atoms with E-state index in [9.17, 15) is 8.42 Å². The monoisotopic (exact) mass is 318 g/mol. The predicted molar refractivity (Wildman–Crippen MR) is 79.4 cm³/mol. The summed E-state index contributed by atoms with van der Waals surface area (Å²) in [6, 6.07) is 2.92. The number of nitrogens with zero attached hydrogens (tertiary/aromatic N) is 1. The van der Waals surface area contributed by atoms with E-state index in [0.717, 1.165) is 0 Å². The minimum absolute atomic E-state index is 0.120. The molecule has 1 unspecified atom stereocenters. The molecule has 1 atom stereocenters. The summed E-state index contributed by atoms with van der Waals surface area (Å²) in [5.74, 6) is 0. The molecular formula is C13H19ClN2O3S. The Kier molecular flexibility index (Phi) is 4.59. The van der Waals surface area contributed by atoms with Gasteiger partial charge in [-0.2, -0.15) is 4.31 Å². The molecule has 7 heteroatoms. The highest BCUT2D eigenvalue weighted by atomic mass is 35.5. The summed E-state index contributed by atoms with van der Waals surface area (Å²) in [6.45, 7) is 4.98. The Hall–Kier alpha value is -0.820. The van der Waals surface area contributed by atoms with Crippen LogP contribution < -0.4 is 5.73 Å². The third-order valence-corrected chi connectivity index (χ3v) is 5.65. The van der Waals surface area contributed by atoms with Crippen LogP contribution in [0.2, 0.25) is 5.02 Å². The van der Waals surface area contributed by atoms with E-state index < -0.39 is 10.0 Å². The lowest BCUT2D eigenvalue weighted by molar-refractivity contribution is 0.0752. The molecule has 0 aliphatic carbocycles. The second-order valence-corrected chi connectivity index (χ2v) is 7.36. The number of nitrogens with two attached hydrogens (primary N) is 1. The summed E-state index contributed by atoms with van der Waals surface area (Å²) < 4.78 is 32.2. The highest BCUT2D eigenvalue weighted by Crippen LogP contribution is 2.28. The van der Waals surface area contributed by atoms with E-state index in [1.54, 1.807) is 6.92 Å². The van der Waals surface area contributed by atoms with Gasteiger partial charge in [0.05, 0.1) is 11.0 Å². The van der Waals surface area contributed by atoms with Gasteiger partial charge < -0.3 is 10.5 Å². The Balaban J connectivity index is 2.39. The number of ether oxygens (including phenoxy) is 1. The molecule has 0 radical (unpaired) electrons. The van der Waals surface area contributed by atoms with Gasteiger partial charge in [0.2, 0.25) is 10.0 Å². The fraction of sp³-hybridized carbons (Fsp3) is 0.538. The van der Waals surface area contributed by atoms with E-state index in [2.05, 4.69) is 0 Å². The fourth-order valence-corrected chi connectivity index (χ4v) is 4.05. The molecule has 1 aromatic carbocycles. The molecule has 1 aliphatic heterocycles. The highest BCUT2D eigenvalue weighted by molar-refractivity contribution is 7.89. The van der Waals surface area contributed by atoms with E-state index >= 15 is 0 Å². The van der Waals surface area contributed by atoms with Crippen LogP contribution in [-0.4, -0.2) is 38.5 Å². The van der Waals surface area contributed by atoms with Gasteiger partial charge in [-0.25, -0.2) is 8.42 Å². The van der Waals surface area contributed by atoms with Gasteiger partial charge in [-0.05, 0) is 38.0 Å². The summed E-state index contributed by atoms with van der Waals surface area (Å²) >= 11 is 6.04. The number of hydrogen-bond acceptors (Lipinski definition) is 4. The average molecular weight is 319 g/mol. The molecule has 1 aliphatic rings. The lowest BCUT2D eigenvalue weighted by Gasteiger charge is -2.22. The summed E-state index contributed by atoms with van der Waals surface area (Å²) in [7, 11) is -3.59. The van der Waals surface area contributed by atoms with E-state index in [1.807, 2.05) is 6.92 Å². The lowest BCUT2D eigenvalue weighted by Crippen LogP contribution is -2.36. The summed E-state index contributed by atoms with van der Waals surface area (Å²) in [6.07, 6.45) is 0.559. The van der Waals surface area contributed by atoms with Gasteiger partial charge in [-0.3, -0.25) is 0 Å². The molecule has 2 N–H and O–H groups in total. The molecule has 112 valence electrons. The maximum atomic E-state index is 12.7. The molecule has 5 nitrogen and oxygen atoms in total. The van der Waals surface area contributed by atoms with Crippen LogP contribution in [0, 0.1) is 6.92 Å². The zero-order chi connectivity index (χ0) is 14.9. The molecule has 2 rings (SSSR count). The summed E-state index contributed by atoms with van der Waals surface area (Å²) in [5.41, 5.74) is 6.89. The first kappa shape index (κ1) is 15.6. The minimum Gasteiger partial charge on any atom is -0.398 e. The van der Waals surface area contributed by atoms with Crippen LogP contribution >= 0.6 is 11.6 Å². The van der Waals surface area contributed by atoms with Crippen molar-refractivity contribution in [2.24, 2.45) is 0 Å². The number of hydrogen-bond donors (Lipinski definition) is 1. The molecule has 1 heterocycles. The van der Waals surface area contributed by atoms with Gasteiger partial charge in [0.25, 0.3) is 0 Å². The van der Waals surface area contributed by atoms with Crippen molar-refractivity contribution in [3.8, 4) is 0 Å². The van der Waals surface area contributed by atoms with Crippen molar-refractivity contribution in [2.75, 3.05) is 25.4 Å². The van der Waals surface area contributed by atoms with Gasteiger partial charge in [-0.15, -0.1) is 0 Å². The number of anilines is 1. The Labute approximate surface area is 124 Å². The van der Waals surface area contributed by atoms with Gasteiger partial charge in [0.15, 0.2) is 0 Å². The first-order valence-corrected chi connectivity index (χ1v) is 8.31. The van der Waals surface area contributed by atoms with Crippen molar-refractivity contribution in [2.45, 2.75) is 31.3 Å². The molecule has 0 spiro atoms. The Bertz CT molecular complexity index is 581. The Morgan fingerprint density at radius 2 is 2.15 bits per heavy atom. The number of benzene rings is 1. The van der Waals surface area contributed by atoms with Crippen LogP contribution in [0.1, 0.15) is 18.9 Å². The molecule has 0 amide bonds. The van der Waals surface area contributed by atoms with E-state index in [4.69, 9.17) is 22.1 Å². The quantitative estimate of drug-likeness (QED) is 0.847. The summed E-state index contributed by atoms with van der Waals surface area (Å²) in [4.78, 5) is 0.139. The largest absolute Gasteiger partial charge is 0.398 e. The zero-order valence-corrected chi connectivity index (χ0v) is 13.2. The normalized spacial score (nSPS) is 21.6. The van der Waals surface area contributed by atoms with Crippen molar-refractivity contribution >= 4 is 27.3 Å². The number of sulfonamides is 1. The Morgan fingerprint density at radius 1 is 1.45 bits per heavy atom. The highest BCUT2D eigenvalue weighted by Gasteiger charge is 2.28. The smallest absolute Gasteiger partial charge is 0.243 e. The average Bonchev–Trinajstić information content (AvgIpc) is 2.60. The standard InChI is InChI=1S/C13H19ClN2O3S/c1-9-8-16(4-3-5-19-9)20(17,18)11-6-12(14)10(2)13(15)7-11/h6-7,9H,3-5,8,15H2,1-2H3. The third-order valence-electron chi connectivity index (χ3n) is 3.41. The van der Waals surface area contributed by atoms with Gasteiger partial charge in [-0.1, -0.05) is 11.6 Å². The van der Waals surface area contributed by atoms with Crippen molar-refractivity contribution in [3.63, 3.8) is 0 Å². The Morgan fingerprint density at radius 3 is 2.80 bits per heavy atom. The van der Waals surface area contributed by atoms with Crippen molar-refractivity contribution in [3.05, 3.63) is 22.7 Å². The SMILES string of the molecule is Cc1c(N)cc(S(=O)(=O)N2CCCOC(C)C2)cc1Cl. The maximum absolute atomic E-state index is 12.7. The molecule has 0 aromatic heterocycles. The lowest BCUT2D eigenvalue weighted by atomic mass is 10.2. The van der Waals surface area contributed by atoms with Crippen LogP contribution in [0.15, 0.2) is 17.0 Å². The summed E-state index contributed by atoms with van der Waals surface area (Å²) in [5, 5.41) is 0.364. The molecule has 0 saturated carbocycles. The molecule has 1 saturated heterocycles. The third kappa shape index (κ3) is 3.09. The first-order chi connectivity index (χ1) is 9.32.